The molecule has 4 atom stereocenters. The minimum Gasteiger partial charge on any atom is -0.445 e. The molecule has 5 heterocycles. The Labute approximate surface area is 424 Å². The van der Waals surface area contributed by atoms with E-state index in [-0.39, 0.29) is 80.1 Å². The molecule has 0 radical (unpaired) electrons. The van der Waals surface area contributed by atoms with Gasteiger partial charge < -0.3 is 57.0 Å². The smallest absolute Gasteiger partial charge is 0.407 e. The summed E-state index contributed by atoms with van der Waals surface area (Å²) in [5.74, 6) is -1.29. The second-order valence-corrected chi connectivity index (χ2v) is 18.8. The van der Waals surface area contributed by atoms with Crippen molar-refractivity contribution in [2.75, 3.05) is 48.8 Å². The van der Waals surface area contributed by atoms with Gasteiger partial charge in [-0.3, -0.25) is 28.9 Å². The standard InChI is InChI=1S/C50H59FN14O9/c1-26(2)41(59-37(66)10-6-5-7-18-65-38(67)15-16-39(65)68)47(70)58-35(9-8-17-54-48(52)71)46(69)57-30-13-11-28(12-14-30)25-73-50(72)61-42-33-23-64(24-34(33)42)45-40-32-19-29(51)20-36(53-4)43(32)60-44(40)62-49(63-45)74-31-21-55-27(3)56-22-31/h11-16,19-22,26,33-35,41-42,53H,5-10,17-18,23-25H2,1-4H3,(H,57,69)(H,58,70)(H,59,66)(H,61,72)(H3,52,54,71)(H,60,62,63). The van der Waals surface area contributed by atoms with E-state index in [0.717, 1.165) is 4.90 Å². The van der Waals surface area contributed by atoms with Crippen molar-refractivity contribution in [1.82, 2.24) is 51.1 Å². The minimum atomic E-state index is -1.06. The van der Waals surface area contributed by atoms with Crippen molar-refractivity contribution in [3.05, 3.63) is 78.1 Å². The fourth-order valence-electron chi connectivity index (χ4n) is 9.20. The number of hydrogen-bond donors (Lipinski definition) is 8. The van der Waals surface area contributed by atoms with Crippen LogP contribution in [-0.2, 0) is 35.3 Å². The third kappa shape index (κ3) is 12.6. The molecule has 1 saturated carbocycles. The summed E-state index contributed by atoms with van der Waals surface area (Å²) in [6.07, 6.45) is 7.02. The summed E-state index contributed by atoms with van der Waals surface area (Å²) in [6.45, 7) is 6.73. The van der Waals surface area contributed by atoms with Gasteiger partial charge in [-0.05, 0) is 68.4 Å². The lowest BCUT2D eigenvalue weighted by Gasteiger charge is -2.25. The summed E-state index contributed by atoms with van der Waals surface area (Å²) in [5, 5.41) is 18.1. The fourth-order valence-corrected chi connectivity index (χ4v) is 9.20. The van der Waals surface area contributed by atoms with E-state index < -0.39 is 41.8 Å². The number of carbonyl (C=O) groups is 7. The average Bonchev–Trinajstić information content (AvgIpc) is 3.67. The SMILES string of the molecule is CNc1cc(F)cc2c1[nH]c1nc(Oc3cnc(C)nc3)nc(N3CC4C(C3)C4NC(=O)OCc3ccc(NC(=O)C(CCCNC(N)=O)NC(=O)C(NC(=O)CCCCCN4C(=O)C=CC4=O)C(C)C)cc3)c12. The normalized spacial score (nSPS) is 17.5. The number of aromatic amines is 1. The first-order valence-electron chi connectivity index (χ1n) is 24.5. The zero-order valence-electron chi connectivity index (χ0n) is 41.3. The Morgan fingerprint density at radius 3 is 2.31 bits per heavy atom. The maximum Gasteiger partial charge on any atom is 0.407 e. The summed E-state index contributed by atoms with van der Waals surface area (Å²) in [7, 11) is 1.71. The van der Waals surface area contributed by atoms with Gasteiger partial charge in [0.05, 0.1) is 29.0 Å². The maximum atomic E-state index is 14.9. The highest BCUT2D eigenvalue weighted by molar-refractivity contribution is 6.15. The molecule has 24 heteroatoms. The number of aromatic nitrogens is 5. The lowest BCUT2D eigenvalue weighted by molar-refractivity contribution is -0.137. The van der Waals surface area contributed by atoms with Crippen LogP contribution in [0.1, 0.15) is 63.8 Å². The predicted molar refractivity (Wildman–Crippen MR) is 269 cm³/mol. The van der Waals surface area contributed by atoms with E-state index in [1.165, 1.54) is 36.7 Å². The number of H-pyrrole nitrogens is 1. The topological polar surface area (TPSA) is 310 Å². The number of fused-ring (bicyclic) bond motifs is 4. The van der Waals surface area contributed by atoms with E-state index in [1.54, 1.807) is 52.1 Å². The van der Waals surface area contributed by atoms with E-state index in [0.29, 0.717) is 95.0 Å². The summed E-state index contributed by atoms with van der Waals surface area (Å²) in [5.41, 5.74) is 7.93. The second kappa shape index (κ2) is 23.0. The lowest BCUT2D eigenvalue weighted by Crippen LogP contribution is -2.54. The molecule has 2 fully saturated rings. The lowest BCUT2D eigenvalue weighted by atomic mass is 10.0. The van der Waals surface area contributed by atoms with Crippen LogP contribution < -0.4 is 47.3 Å². The Balaban J connectivity index is 0.821. The first-order valence-corrected chi connectivity index (χ1v) is 24.5. The Morgan fingerprint density at radius 1 is 0.919 bits per heavy atom. The number of imide groups is 1. The van der Waals surface area contributed by atoms with Crippen molar-refractivity contribution < 1.29 is 47.4 Å². The number of carbonyl (C=O) groups excluding carboxylic acids is 7. The molecular formula is C50H59FN14O9. The molecule has 74 heavy (non-hydrogen) atoms. The van der Waals surface area contributed by atoms with Crippen LogP contribution in [-0.4, -0.2) is 123 Å². The number of nitrogens with zero attached hydrogens (tertiary/aromatic N) is 6. The van der Waals surface area contributed by atoms with E-state index in [4.69, 9.17) is 20.2 Å². The van der Waals surface area contributed by atoms with Crippen LogP contribution in [0, 0.1) is 30.5 Å². The first kappa shape index (κ1) is 51.9. The highest BCUT2D eigenvalue weighted by atomic mass is 19.1. The molecule has 4 unspecified atom stereocenters. The molecule has 8 amide bonds. The van der Waals surface area contributed by atoms with Gasteiger partial charge in [-0.15, -0.1) is 0 Å². The molecular weight excluding hydrogens is 960 g/mol. The molecule has 0 spiro atoms. The molecule has 1 saturated heterocycles. The van der Waals surface area contributed by atoms with Crippen LogP contribution in [0.25, 0.3) is 21.9 Å². The monoisotopic (exact) mass is 1020 g/mol. The van der Waals surface area contributed by atoms with Crippen LogP contribution >= 0.6 is 0 Å². The van der Waals surface area contributed by atoms with Gasteiger partial charge in [0, 0.05) is 80.8 Å². The van der Waals surface area contributed by atoms with Gasteiger partial charge in [0.15, 0.2) is 5.75 Å². The number of hydrogen-bond acceptors (Lipinski definition) is 15. The van der Waals surface area contributed by atoms with Gasteiger partial charge in [-0.1, -0.05) is 32.4 Å². The number of nitrogens with one attached hydrogen (secondary N) is 7. The third-order valence-electron chi connectivity index (χ3n) is 13.1. The number of unbranched alkanes of at least 4 members (excludes halogenated alkanes) is 2. The molecule has 9 N–H and O–H groups in total. The number of nitrogens with two attached hydrogens (primary N) is 1. The number of alkyl carbamates (subject to hydrolysis) is 1. The maximum absolute atomic E-state index is 14.9. The highest BCUT2D eigenvalue weighted by Crippen LogP contribution is 2.48. The number of ether oxygens (including phenoxy) is 2. The van der Waals surface area contributed by atoms with E-state index in [2.05, 4.69) is 56.7 Å². The molecule has 5 aromatic rings. The van der Waals surface area contributed by atoms with Gasteiger partial charge in [0.1, 0.15) is 41.8 Å². The number of primary amides is 1. The highest BCUT2D eigenvalue weighted by Gasteiger charge is 2.57. The number of halogens is 1. The Hall–Kier alpha value is -8.44. The van der Waals surface area contributed by atoms with Crippen LogP contribution in [0.15, 0.2) is 60.9 Å². The van der Waals surface area contributed by atoms with Gasteiger partial charge in [-0.2, -0.15) is 9.97 Å². The van der Waals surface area contributed by atoms with Crippen molar-refractivity contribution in [2.24, 2.45) is 23.5 Å². The van der Waals surface area contributed by atoms with E-state index >= 15 is 0 Å². The van der Waals surface area contributed by atoms with Crippen LogP contribution in [0.5, 0.6) is 11.8 Å². The molecule has 8 rings (SSSR count). The van der Waals surface area contributed by atoms with Crippen LogP contribution in [0.4, 0.5) is 31.2 Å². The summed E-state index contributed by atoms with van der Waals surface area (Å²) in [6, 6.07) is 6.65. The van der Waals surface area contributed by atoms with Gasteiger partial charge >= 0.3 is 18.1 Å². The average molecular weight is 1020 g/mol. The largest absolute Gasteiger partial charge is 0.445 e. The molecule has 0 bridgehead atoms. The molecule has 3 aliphatic rings. The first-order chi connectivity index (χ1) is 35.5. The number of benzene rings is 2. The van der Waals surface area contributed by atoms with Crippen molar-refractivity contribution in [3.8, 4) is 11.8 Å². The van der Waals surface area contributed by atoms with Crippen molar-refractivity contribution in [2.45, 2.75) is 84.0 Å². The van der Waals surface area contributed by atoms with E-state index in [1.807, 2.05) is 0 Å². The van der Waals surface area contributed by atoms with Crippen LogP contribution in [0.3, 0.4) is 0 Å². The van der Waals surface area contributed by atoms with Crippen molar-refractivity contribution in [1.29, 1.82) is 0 Å². The number of rotatable bonds is 23. The van der Waals surface area contributed by atoms with Crippen molar-refractivity contribution in [3.63, 3.8) is 0 Å². The number of amides is 8. The Morgan fingerprint density at radius 2 is 1.64 bits per heavy atom. The van der Waals surface area contributed by atoms with Gasteiger partial charge in [0.2, 0.25) is 17.7 Å². The zero-order chi connectivity index (χ0) is 52.6. The molecule has 1 aliphatic carbocycles. The summed E-state index contributed by atoms with van der Waals surface area (Å²) in [4.78, 5) is 112. The van der Waals surface area contributed by atoms with Gasteiger partial charge in [-0.25, -0.2) is 23.9 Å². The third-order valence-corrected chi connectivity index (χ3v) is 13.1. The van der Waals surface area contributed by atoms with Crippen molar-refractivity contribution >= 4 is 80.8 Å². The number of urea groups is 1. The number of piperidine rings is 1. The summed E-state index contributed by atoms with van der Waals surface area (Å²) >= 11 is 0. The number of anilines is 3. The minimum absolute atomic E-state index is 0.0557. The van der Waals surface area contributed by atoms with Gasteiger partial charge in [0.25, 0.3) is 11.8 Å². The number of aryl methyl sites for hydroxylation is 1. The van der Waals surface area contributed by atoms with E-state index in [9.17, 15) is 38.0 Å². The van der Waals surface area contributed by atoms with Crippen LogP contribution in [0.2, 0.25) is 0 Å². The molecule has 23 nitrogen and oxygen atoms in total. The summed E-state index contributed by atoms with van der Waals surface area (Å²) < 4.78 is 26.4. The second-order valence-electron chi connectivity index (χ2n) is 18.8. The molecule has 3 aromatic heterocycles. The fraction of sp³-hybridized carbons (Fsp3) is 0.420. The molecule has 2 aliphatic heterocycles. The molecule has 2 aromatic carbocycles. The molecule has 390 valence electrons. The quantitative estimate of drug-likeness (QED) is 0.0338. The Bertz CT molecular complexity index is 2940. The predicted octanol–water partition coefficient (Wildman–Crippen LogP) is 4.04. The zero-order valence-corrected chi connectivity index (χ0v) is 41.3. The Kier molecular flexibility index (Phi) is 16.1.